The van der Waals surface area contributed by atoms with Gasteiger partial charge in [-0.15, -0.1) is 0 Å². The second-order valence-electron chi connectivity index (χ2n) is 25.0. The number of quaternary nitrogens is 1. The van der Waals surface area contributed by atoms with Gasteiger partial charge in [-0.2, -0.15) is 0 Å². The zero-order valence-corrected chi connectivity index (χ0v) is 56.3. The number of amides is 1. The van der Waals surface area contributed by atoms with Gasteiger partial charge in [-0.25, -0.2) is 0 Å². The Hall–Kier alpha value is -2.55. The van der Waals surface area contributed by atoms with Crippen molar-refractivity contribution in [2.24, 2.45) is 0 Å². The lowest BCUT2D eigenvalue weighted by atomic mass is 10.0. The largest absolute Gasteiger partial charge is 0.756 e. The number of ether oxygens (including phenoxy) is 1. The van der Waals surface area contributed by atoms with Crippen LogP contribution in [0.4, 0.5) is 0 Å². The number of likely N-dealkylation sites (N-methyl/N-ethyl adjacent to an activating group) is 1. The molecule has 0 aromatic heterocycles. The normalized spacial score (nSPS) is 14.0. The molecule has 0 heterocycles. The van der Waals surface area contributed by atoms with Crippen LogP contribution in [0.25, 0.3) is 0 Å². The smallest absolute Gasteiger partial charge is 0.306 e. The van der Waals surface area contributed by atoms with Crippen molar-refractivity contribution >= 4 is 19.7 Å². The van der Waals surface area contributed by atoms with Gasteiger partial charge in [0.15, 0.2) is 0 Å². The van der Waals surface area contributed by atoms with Crippen molar-refractivity contribution in [1.82, 2.24) is 5.32 Å². The second kappa shape index (κ2) is 62.5. The number of nitrogens with zero attached hydrogens (tertiary/aromatic N) is 1. The number of phosphoric ester groups is 1. The fourth-order valence-corrected chi connectivity index (χ4v) is 10.9. The number of carbonyl (C=O) groups is 2. The van der Waals surface area contributed by atoms with Crippen molar-refractivity contribution in [2.75, 3.05) is 40.9 Å². The second-order valence-corrected chi connectivity index (χ2v) is 26.4. The van der Waals surface area contributed by atoms with Gasteiger partial charge >= 0.3 is 5.97 Å². The third-order valence-electron chi connectivity index (χ3n) is 15.6. The van der Waals surface area contributed by atoms with E-state index >= 15 is 0 Å². The van der Waals surface area contributed by atoms with Crippen molar-refractivity contribution in [3.8, 4) is 0 Å². The minimum absolute atomic E-state index is 0.0243. The lowest BCUT2D eigenvalue weighted by Crippen LogP contribution is -2.47. The van der Waals surface area contributed by atoms with Gasteiger partial charge in [0.05, 0.1) is 33.8 Å². The summed E-state index contributed by atoms with van der Waals surface area (Å²) in [7, 11) is 1.18. The van der Waals surface area contributed by atoms with Gasteiger partial charge < -0.3 is 28.5 Å². The molecule has 0 saturated carbocycles. The van der Waals surface area contributed by atoms with Crippen LogP contribution < -0.4 is 10.2 Å². The molecule has 9 nitrogen and oxygen atoms in total. The van der Waals surface area contributed by atoms with E-state index in [2.05, 4.69) is 86.8 Å². The van der Waals surface area contributed by atoms with Crippen LogP contribution in [0.2, 0.25) is 0 Å². The first-order valence-corrected chi connectivity index (χ1v) is 36.7. The van der Waals surface area contributed by atoms with E-state index in [9.17, 15) is 19.0 Å². The third-order valence-corrected chi connectivity index (χ3v) is 16.6. The summed E-state index contributed by atoms with van der Waals surface area (Å²) in [5.74, 6) is -0.538. The average molecular weight is 1180 g/mol. The molecule has 0 aliphatic rings. The summed E-state index contributed by atoms with van der Waals surface area (Å²) in [6, 6.07) is -0.893. The van der Waals surface area contributed by atoms with E-state index in [-0.39, 0.29) is 24.9 Å². The molecule has 10 heteroatoms. The number of carbonyl (C=O) groups excluding carboxylic acids is 2. The van der Waals surface area contributed by atoms with Crippen molar-refractivity contribution < 1.29 is 37.3 Å². The topological polar surface area (TPSA) is 114 Å². The highest BCUT2D eigenvalue weighted by atomic mass is 31.2. The van der Waals surface area contributed by atoms with Gasteiger partial charge in [0.2, 0.25) is 5.91 Å². The van der Waals surface area contributed by atoms with Crippen LogP contribution in [-0.4, -0.2) is 69.4 Å². The average Bonchev–Trinajstić information content (AvgIpc) is 3.51. The van der Waals surface area contributed by atoms with Gasteiger partial charge in [0.1, 0.15) is 19.3 Å². The molecule has 0 radical (unpaired) electrons. The Bertz CT molecular complexity index is 1650. The molecule has 0 aliphatic carbocycles. The van der Waals surface area contributed by atoms with Crippen LogP contribution in [0.5, 0.6) is 0 Å². The van der Waals surface area contributed by atoms with Gasteiger partial charge in [0, 0.05) is 12.8 Å². The van der Waals surface area contributed by atoms with E-state index in [0.717, 1.165) is 89.9 Å². The summed E-state index contributed by atoms with van der Waals surface area (Å²) < 4.78 is 30.4. The standard InChI is InChI=1S/C73H135N2O7P/c1-7-10-13-16-19-22-25-27-29-31-33-35-37-39-41-43-45-47-50-53-56-59-62-65-72(76)74-70(69-81-83(78,79)80-68-67-75(4,5)6)71(64-61-58-55-52-49-24-21-18-15-12-9-3)82-73(77)66-63-60-57-54-51-48-46-44-42-40-38-36-34-32-30-28-26-23-20-17-14-11-8-2/h19-20,22-23,27-30,33,35,61,64,70-71H,7-18,21,24-26,31-32,34,36-60,62-63,65-69H2,1-6H3,(H-,74,76,78,79)/b22-19-,23-20-,29-27-,30-28-,35-33-,64-61+. The maximum atomic E-state index is 13.6. The Morgan fingerprint density at radius 1 is 0.422 bits per heavy atom. The predicted molar refractivity (Wildman–Crippen MR) is 358 cm³/mol. The van der Waals surface area contributed by atoms with Crippen LogP contribution in [0, 0.1) is 0 Å². The molecule has 0 spiro atoms. The van der Waals surface area contributed by atoms with Gasteiger partial charge in [0.25, 0.3) is 7.82 Å². The zero-order chi connectivity index (χ0) is 60.7. The lowest BCUT2D eigenvalue weighted by molar-refractivity contribution is -0.870. The van der Waals surface area contributed by atoms with Gasteiger partial charge in [-0.05, 0) is 102 Å². The number of rotatable bonds is 64. The Morgan fingerprint density at radius 2 is 0.735 bits per heavy atom. The van der Waals surface area contributed by atoms with Crippen molar-refractivity contribution in [3.63, 3.8) is 0 Å². The maximum absolute atomic E-state index is 13.6. The summed E-state index contributed by atoms with van der Waals surface area (Å²) in [6.07, 6.45) is 81.6. The molecule has 0 aromatic carbocycles. The summed E-state index contributed by atoms with van der Waals surface area (Å²) in [6.45, 7) is 6.82. The van der Waals surface area contributed by atoms with Gasteiger partial charge in [-0.1, -0.05) is 287 Å². The number of hydrogen-bond donors (Lipinski definition) is 1. The molecular weight excluding hydrogens is 1050 g/mol. The maximum Gasteiger partial charge on any atom is 0.306 e. The SMILES string of the molecule is CCCCC/C=C\C/C=C\C/C=C\CCCCCCCCCCCCC(=O)NC(COP(=O)([O-])OCC[N+](C)(C)C)C(/C=C/CCCCCCCCCCC)OC(=O)CCCCCCCCCCCCCCC/C=C\C/C=C\CCCCC. The summed E-state index contributed by atoms with van der Waals surface area (Å²) in [5, 5.41) is 3.04. The zero-order valence-electron chi connectivity index (χ0n) is 55.4. The van der Waals surface area contributed by atoms with E-state index in [1.165, 1.54) is 205 Å². The van der Waals surface area contributed by atoms with Gasteiger partial charge in [-0.3, -0.25) is 14.2 Å². The Balaban J connectivity index is 5.04. The number of unbranched alkanes of at least 4 members (excludes halogenated alkanes) is 38. The molecule has 3 atom stereocenters. The van der Waals surface area contributed by atoms with Crippen molar-refractivity contribution in [2.45, 2.75) is 341 Å². The van der Waals surface area contributed by atoms with Crippen LogP contribution in [0.1, 0.15) is 329 Å². The quantitative estimate of drug-likeness (QED) is 0.0212. The minimum Gasteiger partial charge on any atom is -0.756 e. The Labute approximate surface area is 514 Å². The minimum atomic E-state index is -4.71. The number of hydrogen-bond acceptors (Lipinski definition) is 7. The molecule has 484 valence electrons. The monoisotopic (exact) mass is 1180 g/mol. The first-order valence-electron chi connectivity index (χ1n) is 35.2. The highest BCUT2D eigenvalue weighted by Gasteiger charge is 2.27. The molecule has 0 bridgehead atoms. The first-order chi connectivity index (χ1) is 40.4. The molecule has 1 amide bonds. The van der Waals surface area contributed by atoms with E-state index in [1.807, 2.05) is 33.3 Å². The highest BCUT2D eigenvalue weighted by Crippen LogP contribution is 2.38. The van der Waals surface area contributed by atoms with Crippen molar-refractivity contribution in [3.05, 3.63) is 72.9 Å². The van der Waals surface area contributed by atoms with E-state index in [1.54, 1.807) is 0 Å². The molecule has 0 aliphatic heterocycles. The summed E-state index contributed by atoms with van der Waals surface area (Å²) >= 11 is 0. The third kappa shape index (κ3) is 63.8. The first kappa shape index (κ1) is 80.5. The molecule has 1 N–H and O–H groups in total. The Morgan fingerprint density at radius 3 is 1.12 bits per heavy atom. The number of phosphoric acid groups is 1. The number of allylic oxidation sites excluding steroid dienone is 11. The molecule has 83 heavy (non-hydrogen) atoms. The highest BCUT2D eigenvalue weighted by molar-refractivity contribution is 7.45. The molecule has 0 fully saturated rings. The molecular formula is C73H135N2O7P. The van der Waals surface area contributed by atoms with Crippen LogP contribution >= 0.6 is 7.82 Å². The predicted octanol–water partition coefficient (Wildman–Crippen LogP) is 21.7. The number of nitrogens with one attached hydrogen (secondary N) is 1. The summed E-state index contributed by atoms with van der Waals surface area (Å²) in [5.41, 5.74) is 0. The lowest BCUT2D eigenvalue weighted by Gasteiger charge is -2.30. The summed E-state index contributed by atoms with van der Waals surface area (Å²) in [4.78, 5) is 40.2. The van der Waals surface area contributed by atoms with Crippen molar-refractivity contribution in [1.29, 1.82) is 0 Å². The molecule has 3 unspecified atom stereocenters. The molecule has 0 saturated heterocycles. The van der Waals surface area contributed by atoms with E-state index < -0.39 is 26.6 Å². The molecule has 0 aromatic rings. The fourth-order valence-electron chi connectivity index (χ4n) is 10.1. The van der Waals surface area contributed by atoms with E-state index in [0.29, 0.717) is 17.4 Å². The van der Waals surface area contributed by atoms with Crippen LogP contribution in [0.3, 0.4) is 0 Å². The van der Waals surface area contributed by atoms with E-state index in [4.69, 9.17) is 13.8 Å². The fraction of sp³-hybridized carbons (Fsp3) is 0.808. The Kier molecular flexibility index (Phi) is 60.6. The number of esters is 1. The van der Waals surface area contributed by atoms with Crippen LogP contribution in [0.15, 0.2) is 72.9 Å². The molecule has 0 rings (SSSR count). The van der Waals surface area contributed by atoms with Crippen LogP contribution in [-0.2, 0) is 27.9 Å².